The van der Waals surface area contributed by atoms with Crippen molar-refractivity contribution < 1.29 is 5.11 Å². The molecule has 116 valence electrons. The average Bonchev–Trinajstić information content (AvgIpc) is 2.95. The van der Waals surface area contributed by atoms with Gasteiger partial charge in [0.2, 0.25) is 10.1 Å². The highest BCUT2D eigenvalue weighted by atomic mass is 32.1. The van der Waals surface area contributed by atoms with Gasteiger partial charge in [0.25, 0.3) is 0 Å². The third kappa shape index (κ3) is 3.04. The van der Waals surface area contributed by atoms with Crippen molar-refractivity contribution in [2.45, 2.75) is 39.3 Å². The summed E-state index contributed by atoms with van der Waals surface area (Å²) >= 11 is 1.65. The molecular formula is C14H23N5OS. The van der Waals surface area contributed by atoms with Crippen LogP contribution in [0.5, 0.6) is 0 Å². The molecule has 0 spiro atoms. The van der Waals surface area contributed by atoms with Gasteiger partial charge in [0.05, 0.1) is 18.0 Å². The van der Waals surface area contributed by atoms with Gasteiger partial charge in [-0.2, -0.15) is 0 Å². The van der Waals surface area contributed by atoms with E-state index in [1.807, 2.05) is 24.6 Å². The van der Waals surface area contributed by atoms with Crippen LogP contribution in [0.4, 0.5) is 5.13 Å². The highest BCUT2D eigenvalue weighted by Crippen LogP contribution is 2.26. The van der Waals surface area contributed by atoms with Crippen molar-refractivity contribution in [2.75, 3.05) is 31.1 Å². The molecule has 7 heteroatoms. The Labute approximate surface area is 129 Å². The fraction of sp³-hybridized carbons (Fsp3) is 0.714. The number of fused-ring (bicyclic) bond motifs is 1. The van der Waals surface area contributed by atoms with Crippen molar-refractivity contribution in [2.24, 2.45) is 0 Å². The van der Waals surface area contributed by atoms with E-state index in [1.54, 1.807) is 11.3 Å². The lowest BCUT2D eigenvalue weighted by Gasteiger charge is -2.41. The van der Waals surface area contributed by atoms with Crippen molar-refractivity contribution in [1.82, 2.24) is 19.5 Å². The number of aliphatic hydroxyl groups is 1. The molecule has 0 aromatic carbocycles. The summed E-state index contributed by atoms with van der Waals surface area (Å²) in [6.07, 6.45) is 2.79. The van der Waals surface area contributed by atoms with Crippen molar-refractivity contribution in [3.63, 3.8) is 0 Å². The predicted octanol–water partition coefficient (Wildman–Crippen LogP) is 1.38. The molecule has 3 rings (SSSR count). The summed E-state index contributed by atoms with van der Waals surface area (Å²) in [6.45, 7) is 9.72. The van der Waals surface area contributed by atoms with Crippen molar-refractivity contribution in [3.05, 3.63) is 11.9 Å². The van der Waals surface area contributed by atoms with Crippen LogP contribution in [0.1, 0.15) is 26.0 Å². The normalized spacial score (nSPS) is 22.1. The highest BCUT2D eigenvalue weighted by Gasteiger charge is 2.28. The average molecular weight is 309 g/mol. The second-order valence-electron chi connectivity index (χ2n) is 5.85. The van der Waals surface area contributed by atoms with E-state index in [0.717, 1.165) is 48.4 Å². The molecule has 1 fully saturated rings. The van der Waals surface area contributed by atoms with Crippen LogP contribution in [0.15, 0.2) is 6.20 Å². The molecule has 6 nitrogen and oxygen atoms in total. The number of piperazine rings is 1. The quantitative estimate of drug-likeness (QED) is 0.925. The van der Waals surface area contributed by atoms with Gasteiger partial charge in [0.1, 0.15) is 0 Å². The molecule has 0 radical (unpaired) electrons. The molecular weight excluding hydrogens is 286 g/mol. The minimum Gasteiger partial charge on any atom is -0.392 e. The van der Waals surface area contributed by atoms with Crippen molar-refractivity contribution in [3.8, 4) is 0 Å². The van der Waals surface area contributed by atoms with E-state index in [1.165, 1.54) is 0 Å². The van der Waals surface area contributed by atoms with Crippen LogP contribution in [0.2, 0.25) is 0 Å². The molecule has 0 aliphatic carbocycles. The zero-order chi connectivity index (χ0) is 15.0. The maximum absolute atomic E-state index is 9.62. The molecule has 0 saturated carbocycles. The third-order valence-corrected chi connectivity index (χ3v) is 4.98. The number of β-amino-alcohol motifs (C(OH)–C–C–N with tert-alkyl or cyclic N) is 1. The standard InChI is InChI=1S/C14H23N5OS/c1-4-12-9-18(6-5-17(12)8-11(3)20)14-16-19-7-10(2)15-13(19)21-14/h7,11-12,20H,4-6,8-9H2,1-3H3/t11-,12+/m0/s1. The van der Waals surface area contributed by atoms with E-state index in [-0.39, 0.29) is 6.10 Å². The van der Waals surface area contributed by atoms with Crippen LogP contribution in [0.25, 0.3) is 4.96 Å². The van der Waals surface area contributed by atoms with Crippen LogP contribution in [0, 0.1) is 6.92 Å². The fourth-order valence-corrected chi connectivity index (χ4v) is 3.92. The largest absolute Gasteiger partial charge is 0.392 e. The fourth-order valence-electron chi connectivity index (χ4n) is 2.96. The Morgan fingerprint density at radius 1 is 1.48 bits per heavy atom. The first kappa shape index (κ1) is 14.7. The lowest BCUT2D eigenvalue weighted by atomic mass is 10.1. The first-order valence-corrected chi connectivity index (χ1v) is 8.38. The Hall–Kier alpha value is -1.18. The minimum atomic E-state index is -0.267. The Balaban J connectivity index is 1.73. The number of anilines is 1. The zero-order valence-corrected chi connectivity index (χ0v) is 13.7. The van der Waals surface area contributed by atoms with Gasteiger partial charge in [0, 0.05) is 32.2 Å². The number of imidazole rings is 1. The van der Waals surface area contributed by atoms with E-state index in [0.29, 0.717) is 6.04 Å². The molecule has 2 aromatic rings. The number of hydrogen-bond acceptors (Lipinski definition) is 6. The Morgan fingerprint density at radius 2 is 2.29 bits per heavy atom. The van der Waals surface area contributed by atoms with Gasteiger partial charge in [-0.3, -0.25) is 4.90 Å². The first-order chi connectivity index (χ1) is 10.1. The molecule has 0 amide bonds. The zero-order valence-electron chi connectivity index (χ0n) is 12.9. The number of nitrogens with zero attached hydrogens (tertiary/aromatic N) is 5. The van der Waals surface area contributed by atoms with Gasteiger partial charge >= 0.3 is 0 Å². The molecule has 2 atom stereocenters. The molecule has 1 saturated heterocycles. The minimum absolute atomic E-state index is 0.267. The van der Waals surface area contributed by atoms with E-state index < -0.39 is 0 Å². The molecule has 0 unspecified atom stereocenters. The van der Waals surface area contributed by atoms with Gasteiger partial charge in [-0.25, -0.2) is 9.50 Å². The summed E-state index contributed by atoms with van der Waals surface area (Å²) in [5.41, 5.74) is 1.01. The van der Waals surface area contributed by atoms with Gasteiger partial charge in [0.15, 0.2) is 0 Å². The van der Waals surface area contributed by atoms with Crippen LogP contribution in [-0.2, 0) is 0 Å². The van der Waals surface area contributed by atoms with E-state index >= 15 is 0 Å². The van der Waals surface area contributed by atoms with Crippen LogP contribution < -0.4 is 4.90 Å². The van der Waals surface area contributed by atoms with Gasteiger partial charge in [-0.15, -0.1) is 5.10 Å². The highest BCUT2D eigenvalue weighted by molar-refractivity contribution is 7.20. The van der Waals surface area contributed by atoms with E-state index in [4.69, 9.17) is 0 Å². The number of hydrogen-bond donors (Lipinski definition) is 1. The van der Waals surface area contributed by atoms with Crippen LogP contribution >= 0.6 is 11.3 Å². The Bertz CT molecular complexity index is 576. The molecule has 1 N–H and O–H groups in total. The second-order valence-corrected chi connectivity index (χ2v) is 6.78. The van der Waals surface area contributed by atoms with Gasteiger partial charge in [-0.1, -0.05) is 18.3 Å². The van der Waals surface area contributed by atoms with Crippen molar-refractivity contribution >= 4 is 21.4 Å². The number of aliphatic hydroxyl groups excluding tert-OH is 1. The Morgan fingerprint density at radius 3 is 2.95 bits per heavy atom. The topological polar surface area (TPSA) is 56.9 Å². The summed E-state index contributed by atoms with van der Waals surface area (Å²) in [5, 5.41) is 15.3. The molecule has 0 bridgehead atoms. The first-order valence-electron chi connectivity index (χ1n) is 7.56. The smallest absolute Gasteiger partial charge is 0.214 e. The second kappa shape index (κ2) is 5.90. The van der Waals surface area contributed by atoms with E-state index in [2.05, 4.69) is 26.8 Å². The number of aromatic nitrogens is 3. The lowest BCUT2D eigenvalue weighted by Crippen LogP contribution is -2.54. The number of rotatable bonds is 4. The SMILES string of the molecule is CC[C@@H]1CN(c2nn3cc(C)nc3s2)CCN1C[C@H](C)O. The molecule has 2 aromatic heterocycles. The number of aryl methyl sites for hydroxylation is 1. The predicted molar refractivity (Wildman–Crippen MR) is 85.1 cm³/mol. The summed E-state index contributed by atoms with van der Waals surface area (Å²) < 4.78 is 1.87. The molecule has 1 aliphatic rings. The van der Waals surface area contributed by atoms with Crippen LogP contribution in [0.3, 0.4) is 0 Å². The third-order valence-electron chi connectivity index (χ3n) is 4.00. The van der Waals surface area contributed by atoms with Crippen molar-refractivity contribution in [1.29, 1.82) is 0 Å². The summed E-state index contributed by atoms with van der Waals surface area (Å²) in [6, 6.07) is 0.478. The van der Waals surface area contributed by atoms with Gasteiger partial charge in [-0.05, 0) is 20.3 Å². The van der Waals surface area contributed by atoms with E-state index in [9.17, 15) is 5.11 Å². The van der Waals surface area contributed by atoms with Crippen LogP contribution in [-0.4, -0.2) is 62.9 Å². The summed E-state index contributed by atoms with van der Waals surface area (Å²) in [7, 11) is 0. The lowest BCUT2D eigenvalue weighted by molar-refractivity contribution is 0.0885. The Kier molecular flexibility index (Phi) is 4.14. The maximum atomic E-state index is 9.62. The monoisotopic (exact) mass is 309 g/mol. The summed E-state index contributed by atoms with van der Waals surface area (Å²) in [5.74, 6) is 0. The summed E-state index contributed by atoms with van der Waals surface area (Å²) in [4.78, 5) is 10.2. The maximum Gasteiger partial charge on any atom is 0.214 e. The van der Waals surface area contributed by atoms with Gasteiger partial charge < -0.3 is 10.0 Å². The molecule has 1 aliphatic heterocycles. The molecule has 21 heavy (non-hydrogen) atoms. The molecule has 3 heterocycles.